The Balaban J connectivity index is 1.71. The number of nitrogens with one attached hydrogen (secondary N) is 1. The number of rotatable bonds is 4. The summed E-state index contributed by atoms with van der Waals surface area (Å²) in [4.78, 5) is 17.0. The molecule has 0 saturated heterocycles. The van der Waals surface area contributed by atoms with Gasteiger partial charge < -0.3 is 9.88 Å². The van der Waals surface area contributed by atoms with Crippen molar-refractivity contribution in [2.75, 3.05) is 5.75 Å². The Morgan fingerprint density at radius 1 is 1.04 bits per heavy atom. The SMILES string of the molecule is O=C(NCc1ccc(F)cc1)c1c(-c2ccc(F)cc2)nc2n1CCS2(=O)=O. The number of imidazole rings is 1. The van der Waals surface area contributed by atoms with Gasteiger partial charge in [-0.05, 0) is 42.0 Å². The van der Waals surface area contributed by atoms with Gasteiger partial charge in [-0.15, -0.1) is 0 Å². The minimum Gasteiger partial charge on any atom is -0.347 e. The number of halogens is 2. The van der Waals surface area contributed by atoms with Gasteiger partial charge in [0.2, 0.25) is 15.0 Å². The zero-order valence-corrected chi connectivity index (χ0v) is 15.3. The summed E-state index contributed by atoms with van der Waals surface area (Å²) < 4.78 is 52.1. The molecule has 28 heavy (non-hydrogen) atoms. The Kier molecular flexibility index (Phi) is 4.46. The quantitative estimate of drug-likeness (QED) is 0.726. The minimum absolute atomic E-state index is 0.102. The van der Waals surface area contributed by atoms with Gasteiger partial charge in [-0.1, -0.05) is 12.1 Å². The predicted octanol–water partition coefficient (Wildman–Crippen LogP) is 2.55. The van der Waals surface area contributed by atoms with E-state index in [1.807, 2.05) is 0 Å². The molecule has 0 aliphatic carbocycles. The van der Waals surface area contributed by atoms with Crippen LogP contribution in [0.25, 0.3) is 11.3 Å². The molecule has 1 aromatic heterocycles. The summed E-state index contributed by atoms with van der Waals surface area (Å²) >= 11 is 0. The molecular weight excluding hydrogens is 388 g/mol. The molecule has 4 rings (SSSR count). The summed E-state index contributed by atoms with van der Waals surface area (Å²) in [6, 6.07) is 11.0. The van der Waals surface area contributed by atoms with Crippen LogP contribution in [0.2, 0.25) is 0 Å². The maximum Gasteiger partial charge on any atom is 0.270 e. The van der Waals surface area contributed by atoms with E-state index in [0.717, 1.165) is 0 Å². The fraction of sp³-hybridized carbons (Fsp3) is 0.158. The highest BCUT2D eigenvalue weighted by atomic mass is 32.2. The van der Waals surface area contributed by atoms with Gasteiger partial charge in [-0.25, -0.2) is 22.2 Å². The molecule has 144 valence electrons. The molecule has 1 aliphatic heterocycles. The van der Waals surface area contributed by atoms with Crippen molar-refractivity contribution in [2.24, 2.45) is 0 Å². The standard InChI is InChI=1S/C19H15F2N3O3S/c20-14-5-1-12(2-6-14)11-22-18(25)17-16(13-3-7-15(21)8-4-13)23-19-24(17)9-10-28(19,26)27/h1-8H,9-11H2,(H,22,25). The topological polar surface area (TPSA) is 81.1 Å². The number of hydrogen-bond acceptors (Lipinski definition) is 4. The second-order valence-electron chi connectivity index (χ2n) is 6.38. The number of fused-ring (bicyclic) bond motifs is 1. The van der Waals surface area contributed by atoms with E-state index in [4.69, 9.17) is 0 Å². The van der Waals surface area contributed by atoms with Crippen LogP contribution in [0, 0.1) is 11.6 Å². The number of amides is 1. The number of benzene rings is 2. The average Bonchev–Trinajstić information content (AvgIpc) is 3.19. The zero-order chi connectivity index (χ0) is 19.9. The van der Waals surface area contributed by atoms with Gasteiger partial charge in [0.15, 0.2) is 0 Å². The number of sulfone groups is 1. The van der Waals surface area contributed by atoms with Crippen molar-refractivity contribution < 1.29 is 22.0 Å². The van der Waals surface area contributed by atoms with Crippen molar-refractivity contribution in [3.8, 4) is 11.3 Å². The molecule has 9 heteroatoms. The van der Waals surface area contributed by atoms with Crippen LogP contribution in [0.15, 0.2) is 53.7 Å². The van der Waals surface area contributed by atoms with E-state index in [-0.39, 0.29) is 41.2 Å². The fourth-order valence-corrected chi connectivity index (χ4v) is 4.44. The summed E-state index contributed by atoms with van der Waals surface area (Å²) in [5.74, 6) is -1.48. The van der Waals surface area contributed by atoms with E-state index in [9.17, 15) is 22.0 Å². The van der Waals surface area contributed by atoms with E-state index in [0.29, 0.717) is 11.1 Å². The van der Waals surface area contributed by atoms with E-state index < -0.39 is 21.6 Å². The largest absolute Gasteiger partial charge is 0.347 e. The van der Waals surface area contributed by atoms with Gasteiger partial charge in [-0.2, -0.15) is 0 Å². The van der Waals surface area contributed by atoms with Crippen LogP contribution in [-0.4, -0.2) is 29.6 Å². The van der Waals surface area contributed by atoms with Crippen molar-refractivity contribution in [3.05, 3.63) is 71.4 Å². The Morgan fingerprint density at radius 3 is 2.29 bits per heavy atom. The molecule has 1 N–H and O–H groups in total. The van der Waals surface area contributed by atoms with Gasteiger partial charge in [0.25, 0.3) is 5.91 Å². The van der Waals surface area contributed by atoms with Crippen molar-refractivity contribution in [3.63, 3.8) is 0 Å². The fourth-order valence-electron chi connectivity index (χ4n) is 3.09. The molecule has 3 aromatic rings. The molecule has 1 amide bonds. The molecule has 2 aromatic carbocycles. The summed E-state index contributed by atoms with van der Waals surface area (Å²) in [5, 5.41) is 2.54. The minimum atomic E-state index is -3.57. The first-order valence-electron chi connectivity index (χ1n) is 8.47. The van der Waals surface area contributed by atoms with Crippen molar-refractivity contribution in [1.29, 1.82) is 0 Å². The van der Waals surface area contributed by atoms with Crippen LogP contribution in [0.3, 0.4) is 0 Å². The lowest BCUT2D eigenvalue weighted by Crippen LogP contribution is -2.26. The summed E-state index contributed by atoms with van der Waals surface area (Å²) in [6.07, 6.45) is 0. The lowest BCUT2D eigenvalue weighted by atomic mass is 10.1. The summed E-state index contributed by atoms with van der Waals surface area (Å²) in [6.45, 7) is 0.250. The van der Waals surface area contributed by atoms with Gasteiger partial charge in [0.1, 0.15) is 23.0 Å². The van der Waals surface area contributed by atoms with Crippen LogP contribution in [0.4, 0.5) is 8.78 Å². The molecule has 1 aliphatic rings. The summed E-state index contributed by atoms with van der Waals surface area (Å²) in [7, 11) is -3.57. The van der Waals surface area contributed by atoms with Gasteiger partial charge in [0.05, 0.1) is 5.75 Å². The average molecular weight is 403 g/mol. The first-order chi connectivity index (χ1) is 13.3. The molecule has 6 nitrogen and oxygen atoms in total. The first kappa shape index (κ1) is 18.3. The summed E-state index contributed by atoms with van der Waals surface area (Å²) in [5.41, 5.74) is 1.40. The second kappa shape index (κ2) is 6.83. The molecule has 0 atom stereocenters. The van der Waals surface area contributed by atoms with Gasteiger partial charge >= 0.3 is 0 Å². The number of hydrogen-bond donors (Lipinski definition) is 1. The third-order valence-electron chi connectivity index (χ3n) is 4.49. The zero-order valence-electron chi connectivity index (χ0n) is 14.5. The molecule has 0 fully saturated rings. The molecule has 0 saturated carbocycles. The number of carbonyl (C=O) groups is 1. The lowest BCUT2D eigenvalue weighted by molar-refractivity contribution is 0.0942. The maximum absolute atomic E-state index is 13.3. The van der Waals surface area contributed by atoms with Crippen molar-refractivity contribution >= 4 is 15.7 Å². The number of aromatic nitrogens is 2. The highest BCUT2D eigenvalue weighted by Gasteiger charge is 2.35. The van der Waals surface area contributed by atoms with Crippen molar-refractivity contribution in [2.45, 2.75) is 18.2 Å². The number of nitrogens with zero attached hydrogens (tertiary/aromatic N) is 2. The molecule has 0 bridgehead atoms. The smallest absolute Gasteiger partial charge is 0.270 e. The van der Waals surface area contributed by atoms with E-state index in [2.05, 4.69) is 10.3 Å². The molecule has 0 spiro atoms. The van der Waals surface area contributed by atoms with Crippen LogP contribution in [-0.2, 0) is 22.9 Å². The Hall–Kier alpha value is -3.07. The highest BCUT2D eigenvalue weighted by molar-refractivity contribution is 7.91. The van der Waals surface area contributed by atoms with Crippen LogP contribution >= 0.6 is 0 Å². The van der Waals surface area contributed by atoms with Crippen LogP contribution < -0.4 is 5.32 Å². The highest BCUT2D eigenvalue weighted by Crippen LogP contribution is 2.30. The van der Waals surface area contributed by atoms with E-state index in [1.54, 1.807) is 12.1 Å². The number of carbonyl (C=O) groups excluding carboxylic acids is 1. The lowest BCUT2D eigenvalue weighted by Gasteiger charge is -2.09. The van der Waals surface area contributed by atoms with Gasteiger partial charge in [0, 0.05) is 18.7 Å². The molecule has 2 heterocycles. The van der Waals surface area contributed by atoms with Gasteiger partial charge in [-0.3, -0.25) is 4.79 Å². The monoisotopic (exact) mass is 403 g/mol. The maximum atomic E-state index is 13.3. The Bertz CT molecular complexity index is 1150. The van der Waals surface area contributed by atoms with Crippen LogP contribution in [0.5, 0.6) is 0 Å². The normalized spacial score (nSPS) is 14.6. The Morgan fingerprint density at radius 2 is 1.64 bits per heavy atom. The third-order valence-corrected chi connectivity index (χ3v) is 6.08. The molecule has 0 unspecified atom stereocenters. The van der Waals surface area contributed by atoms with Crippen molar-refractivity contribution in [1.82, 2.24) is 14.9 Å². The Labute approximate surface area is 159 Å². The second-order valence-corrected chi connectivity index (χ2v) is 8.38. The van der Waals surface area contributed by atoms with E-state index in [1.165, 1.54) is 41.0 Å². The predicted molar refractivity (Wildman–Crippen MR) is 97.2 cm³/mol. The third kappa shape index (κ3) is 3.29. The van der Waals surface area contributed by atoms with Crippen LogP contribution in [0.1, 0.15) is 16.1 Å². The van der Waals surface area contributed by atoms with E-state index >= 15 is 0 Å². The molecular formula is C19H15F2N3O3S. The first-order valence-corrected chi connectivity index (χ1v) is 10.1. The molecule has 0 radical (unpaired) electrons.